The van der Waals surface area contributed by atoms with Gasteiger partial charge in [-0.25, -0.2) is 5.48 Å². The largest absolute Gasteiger partial charge is 0.472 e. The van der Waals surface area contributed by atoms with Crippen LogP contribution in [-0.4, -0.2) is 56.8 Å². The summed E-state index contributed by atoms with van der Waals surface area (Å²) < 4.78 is 5.34. The summed E-state index contributed by atoms with van der Waals surface area (Å²) in [6.45, 7) is 0.574. The molecule has 4 heterocycles. The molecule has 2 aliphatic rings. The van der Waals surface area contributed by atoms with E-state index in [-0.39, 0.29) is 24.8 Å². The normalized spacial score (nSPS) is 19.9. The van der Waals surface area contributed by atoms with Crippen LogP contribution in [0.15, 0.2) is 47.3 Å². The molecule has 2 aromatic heterocycles. The summed E-state index contributed by atoms with van der Waals surface area (Å²) in [7, 11) is 0. The first kappa shape index (κ1) is 22.2. The molecule has 3 N–H and O–H groups in total. The lowest BCUT2D eigenvalue weighted by molar-refractivity contribution is -0.158. The van der Waals surface area contributed by atoms with Gasteiger partial charge in [-0.2, -0.15) is 0 Å². The lowest BCUT2D eigenvalue weighted by Crippen LogP contribution is -2.63. The van der Waals surface area contributed by atoms with Crippen LogP contribution in [0.5, 0.6) is 0 Å². The average Bonchev–Trinajstić information content (AvgIpc) is 3.51. The number of nitrogens with zero attached hydrogens (tertiary/aromatic N) is 2. The minimum atomic E-state index is -0.555. The van der Waals surface area contributed by atoms with E-state index in [4.69, 9.17) is 9.62 Å². The summed E-state index contributed by atoms with van der Waals surface area (Å²) in [6.07, 6.45) is 7.08. The number of carbonyl (C=O) groups excluding carboxylic acids is 3. The number of piperazine rings is 1. The third kappa shape index (κ3) is 3.96. The summed E-state index contributed by atoms with van der Waals surface area (Å²) in [5, 5.41) is 9.63. The number of para-hydroxylation sites is 1. The molecular weight excluding hydrogens is 436 g/mol. The molecular formula is C25H28N4O5. The monoisotopic (exact) mass is 464 g/mol. The highest BCUT2D eigenvalue weighted by Gasteiger charge is 2.48. The van der Waals surface area contributed by atoms with Crippen LogP contribution in [0.25, 0.3) is 10.9 Å². The van der Waals surface area contributed by atoms with E-state index in [1.165, 1.54) is 0 Å². The molecule has 0 saturated carbocycles. The zero-order valence-electron chi connectivity index (χ0n) is 18.8. The minimum Gasteiger partial charge on any atom is -0.472 e. The second-order valence-electron chi connectivity index (χ2n) is 9.00. The SMILES string of the molecule is O=C(CCCCCCN1CC(=O)N2[C@@H](c3ccoc3)c3[nH]c4ccccc4c3C[C@H]2C1=O)NO. The van der Waals surface area contributed by atoms with Crippen molar-refractivity contribution in [1.82, 2.24) is 20.3 Å². The summed E-state index contributed by atoms with van der Waals surface area (Å²) >= 11 is 0. The summed E-state index contributed by atoms with van der Waals surface area (Å²) in [4.78, 5) is 44.9. The van der Waals surface area contributed by atoms with E-state index >= 15 is 0 Å². The van der Waals surface area contributed by atoms with Crippen LogP contribution in [0.4, 0.5) is 0 Å². The third-order valence-corrected chi connectivity index (χ3v) is 6.91. The van der Waals surface area contributed by atoms with E-state index < -0.39 is 18.0 Å². The molecule has 1 aromatic carbocycles. The smallest absolute Gasteiger partial charge is 0.246 e. The van der Waals surface area contributed by atoms with Gasteiger partial charge in [0.15, 0.2) is 0 Å². The fraction of sp³-hybridized carbons (Fsp3) is 0.400. The van der Waals surface area contributed by atoms with Gasteiger partial charge in [0.05, 0.1) is 19.1 Å². The van der Waals surface area contributed by atoms with Gasteiger partial charge in [-0.3, -0.25) is 19.6 Å². The maximum Gasteiger partial charge on any atom is 0.246 e. The van der Waals surface area contributed by atoms with Crippen LogP contribution >= 0.6 is 0 Å². The van der Waals surface area contributed by atoms with E-state index in [9.17, 15) is 14.4 Å². The van der Waals surface area contributed by atoms with E-state index in [1.54, 1.807) is 27.8 Å². The van der Waals surface area contributed by atoms with Gasteiger partial charge >= 0.3 is 0 Å². The molecule has 1 saturated heterocycles. The Bertz CT molecular complexity index is 1200. The van der Waals surface area contributed by atoms with Gasteiger partial charge in [-0.15, -0.1) is 0 Å². The lowest BCUT2D eigenvalue weighted by atomic mass is 9.87. The molecule has 0 unspecified atom stereocenters. The van der Waals surface area contributed by atoms with Crippen molar-refractivity contribution < 1.29 is 24.0 Å². The van der Waals surface area contributed by atoms with Gasteiger partial charge in [-0.05, 0) is 30.5 Å². The van der Waals surface area contributed by atoms with E-state index in [1.807, 2.05) is 24.3 Å². The first-order valence-electron chi connectivity index (χ1n) is 11.7. The number of unbranched alkanes of at least 4 members (excludes halogenated alkanes) is 3. The van der Waals surface area contributed by atoms with Gasteiger partial charge < -0.3 is 19.2 Å². The second kappa shape index (κ2) is 9.34. The number of H-pyrrole nitrogens is 1. The van der Waals surface area contributed by atoms with Gasteiger partial charge in [0.2, 0.25) is 17.7 Å². The maximum atomic E-state index is 13.6. The molecule has 0 bridgehead atoms. The summed E-state index contributed by atoms with van der Waals surface area (Å²) in [6, 6.07) is 8.93. The molecule has 0 radical (unpaired) electrons. The Balaban J connectivity index is 1.35. The van der Waals surface area contributed by atoms with Crippen LogP contribution in [0.2, 0.25) is 0 Å². The fourth-order valence-corrected chi connectivity index (χ4v) is 5.29. The molecule has 2 atom stereocenters. The number of amides is 3. The number of furan rings is 1. The molecule has 5 rings (SSSR count). The summed E-state index contributed by atoms with van der Waals surface area (Å²) in [5.74, 6) is -0.485. The molecule has 1 fully saturated rings. The quantitative estimate of drug-likeness (QED) is 0.269. The molecule has 34 heavy (non-hydrogen) atoms. The predicted octanol–water partition coefficient (Wildman–Crippen LogP) is 2.90. The molecule has 3 aromatic rings. The maximum absolute atomic E-state index is 13.6. The predicted molar refractivity (Wildman–Crippen MR) is 123 cm³/mol. The lowest BCUT2D eigenvalue weighted by Gasteiger charge is -2.46. The van der Waals surface area contributed by atoms with Gasteiger partial charge in [0.1, 0.15) is 12.1 Å². The van der Waals surface area contributed by atoms with Crippen LogP contribution in [0.3, 0.4) is 0 Å². The Morgan fingerprint density at radius 1 is 1.15 bits per heavy atom. The Kier molecular flexibility index (Phi) is 6.10. The number of nitrogens with one attached hydrogen (secondary N) is 2. The van der Waals surface area contributed by atoms with Crippen molar-refractivity contribution >= 4 is 28.6 Å². The van der Waals surface area contributed by atoms with Crippen LogP contribution in [-0.2, 0) is 20.8 Å². The number of aromatic nitrogens is 1. The zero-order chi connectivity index (χ0) is 23.7. The van der Waals surface area contributed by atoms with Crippen molar-refractivity contribution in [2.75, 3.05) is 13.1 Å². The fourth-order valence-electron chi connectivity index (χ4n) is 5.29. The minimum absolute atomic E-state index is 0.0244. The van der Waals surface area contributed by atoms with Crippen molar-refractivity contribution in [3.63, 3.8) is 0 Å². The molecule has 9 nitrogen and oxygen atoms in total. The number of aromatic amines is 1. The molecule has 0 spiro atoms. The number of benzene rings is 1. The number of hydrogen-bond acceptors (Lipinski definition) is 5. The Morgan fingerprint density at radius 3 is 2.76 bits per heavy atom. The Labute approximate surface area is 196 Å². The Morgan fingerprint density at radius 2 is 1.97 bits per heavy atom. The van der Waals surface area contributed by atoms with E-state index in [0.29, 0.717) is 19.4 Å². The van der Waals surface area contributed by atoms with Crippen molar-refractivity contribution in [3.05, 3.63) is 59.7 Å². The number of carbonyl (C=O) groups is 3. The summed E-state index contributed by atoms with van der Waals surface area (Å²) in [5.41, 5.74) is 5.49. The molecule has 178 valence electrons. The van der Waals surface area contributed by atoms with E-state index in [0.717, 1.165) is 47.0 Å². The first-order chi connectivity index (χ1) is 16.6. The molecule has 9 heteroatoms. The Hall–Kier alpha value is -3.59. The molecule has 3 amide bonds. The van der Waals surface area contributed by atoms with Crippen LogP contribution < -0.4 is 5.48 Å². The van der Waals surface area contributed by atoms with Gasteiger partial charge in [0.25, 0.3) is 0 Å². The topological polar surface area (TPSA) is 119 Å². The molecule has 0 aliphatic carbocycles. The van der Waals surface area contributed by atoms with Crippen molar-refractivity contribution in [3.8, 4) is 0 Å². The van der Waals surface area contributed by atoms with Crippen molar-refractivity contribution in [1.29, 1.82) is 0 Å². The van der Waals surface area contributed by atoms with Gasteiger partial charge in [-0.1, -0.05) is 31.0 Å². The van der Waals surface area contributed by atoms with Gasteiger partial charge in [0, 0.05) is 41.5 Å². The average molecular weight is 465 g/mol. The highest BCUT2D eigenvalue weighted by atomic mass is 16.5. The van der Waals surface area contributed by atoms with Crippen molar-refractivity contribution in [2.45, 2.75) is 50.6 Å². The first-order valence-corrected chi connectivity index (χ1v) is 11.7. The standard InChI is InChI=1S/C25H28N4O5/c30-21(27-33)9-3-1-2-6-11-28-14-22(31)29-20(25(28)32)13-18-17-7-4-5-8-19(17)26-23(18)24(29)16-10-12-34-15-16/h4-5,7-8,10,12,15,20,24,26,33H,1-3,6,9,11,13-14H2,(H,27,30)/t20-,24-/m0/s1. The van der Waals surface area contributed by atoms with Crippen LogP contribution in [0, 0.1) is 0 Å². The number of hydroxylamine groups is 1. The highest BCUT2D eigenvalue weighted by Crippen LogP contribution is 2.42. The highest BCUT2D eigenvalue weighted by molar-refractivity contribution is 5.97. The van der Waals surface area contributed by atoms with Crippen molar-refractivity contribution in [2.24, 2.45) is 0 Å². The number of rotatable bonds is 8. The number of fused-ring (bicyclic) bond motifs is 4. The zero-order valence-corrected chi connectivity index (χ0v) is 18.8. The van der Waals surface area contributed by atoms with Crippen LogP contribution in [0.1, 0.15) is 55.0 Å². The number of hydrogen-bond donors (Lipinski definition) is 3. The molecule has 2 aliphatic heterocycles. The van der Waals surface area contributed by atoms with E-state index in [2.05, 4.69) is 11.1 Å². The second-order valence-corrected chi connectivity index (χ2v) is 9.00. The third-order valence-electron chi connectivity index (χ3n) is 6.91.